The van der Waals surface area contributed by atoms with E-state index in [1.54, 1.807) is 0 Å². The summed E-state index contributed by atoms with van der Waals surface area (Å²) in [4.78, 5) is 14.0. The molecule has 0 aliphatic carbocycles. The Morgan fingerprint density at radius 3 is 2.58 bits per heavy atom. The number of nitrogens with two attached hydrogens (primary N) is 1. The zero-order chi connectivity index (χ0) is 14.1. The molecule has 1 aromatic rings. The first kappa shape index (κ1) is 15.6. The third-order valence-electron chi connectivity index (χ3n) is 3.06. The van der Waals surface area contributed by atoms with Gasteiger partial charge in [-0.05, 0) is 18.5 Å². The largest absolute Gasteiger partial charge is 0.395 e. The average Bonchev–Trinajstić information content (AvgIpc) is 2.46. The van der Waals surface area contributed by atoms with E-state index in [4.69, 9.17) is 5.84 Å². The van der Waals surface area contributed by atoms with Gasteiger partial charge in [0.1, 0.15) is 6.04 Å². The Morgan fingerprint density at radius 1 is 1.37 bits per heavy atom. The summed E-state index contributed by atoms with van der Waals surface area (Å²) in [6, 6.07) is 9.03. The molecule has 0 saturated carbocycles. The second-order valence-corrected chi connectivity index (χ2v) is 4.43. The zero-order valence-corrected chi connectivity index (χ0v) is 11.4. The fraction of sp³-hybridized carbons (Fsp3) is 0.500. The van der Waals surface area contributed by atoms with E-state index < -0.39 is 6.04 Å². The Morgan fingerprint density at radius 2 is 2.05 bits per heavy atom. The summed E-state index contributed by atoms with van der Waals surface area (Å²) in [7, 11) is 0. The zero-order valence-electron chi connectivity index (χ0n) is 11.4. The molecule has 0 aliphatic heterocycles. The predicted octanol–water partition coefficient (Wildman–Crippen LogP) is 0.812. The van der Waals surface area contributed by atoms with E-state index in [1.165, 1.54) is 0 Å². The van der Waals surface area contributed by atoms with Gasteiger partial charge in [-0.3, -0.25) is 15.1 Å². The van der Waals surface area contributed by atoms with Gasteiger partial charge in [-0.1, -0.05) is 43.7 Å². The van der Waals surface area contributed by atoms with Crippen molar-refractivity contribution in [2.75, 3.05) is 19.7 Å². The van der Waals surface area contributed by atoms with E-state index in [-0.39, 0.29) is 12.5 Å². The van der Waals surface area contributed by atoms with Crippen molar-refractivity contribution in [3.63, 3.8) is 0 Å². The highest BCUT2D eigenvalue weighted by molar-refractivity contribution is 5.82. The van der Waals surface area contributed by atoms with Gasteiger partial charge in [0.25, 0.3) is 5.91 Å². The monoisotopic (exact) mass is 265 g/mol. The number of aliphatic hydroxyl groups is 1. The van der Waals surface area contributed by atoms with Crippen LogP contribution in [0.5, 0.6) is 0 Å². The maximum Gasteiger partial charge on any atom is 0.255 e. The Bertz CT molecular complexity index is 370. The Hall–Kier alpha value is -1.43. The summed E-state index contributed by atoms with van der Waals surface area (Å²) in [5.74, 6) is 5.03. The topological polar surface area (TPSA) is 78.6 Å². The van der Waals surface area contributed by atoms with E-state index in [9.17, 15) is 9.90 Å². The maximum absolute atomic E-state index is 12.0. The van der Waals surface area contributed by atoms with Crippen LogP contribution in [0.15, 0.2) is 30.3 Å². The number of rotatable bonds is 8. The van der Waals surface area contributed by atoms with E-state index in [0.29, 0.717) is 6.54 Å². The van der Waals surface area contributed by atoms with Gasteiger partial charge in [0.15, 0.2) is 0 Å². The van der Waals surface area contributed by atoms with Gasteiger partial charge in [0.05, 0.1) is 6.61 Å². The van der Waals surface area contributed by atoms with Gasteiger partial charge in [-0.25, -0.2) is 5.84 Å². The van der Waals surface area contributed by atoms with E-state index in [0.717, 1.165) is 24.9 Å². The minimum atomic E-state index is -0.454. The van der Waals surface area contributed by atoms with Gasteiger partial charge < -0.3 is 5.11 Å². The molecule has 4 N–H and O–H groups in total. The summed E-state index contributed by atoms with van der Waals surface area (Å²) >= 11 is 0. The average molecular weight is 265 g/mol. The molecule has 0 aliphatic rings. The summed E-state index contributed by atoms with van der Waals surface area (Å²) in [6.45, 7) is 3.32. The fourth-order valence-corrected chi connectivity index (χ4v) is 2.10. The SMILES string of the molecule is CCCCN(CCO)C(C(=O)NN)c1ccccc1. The van der Waals surface area contributed by atoms with E-state index in [2.05, 4.69) is 12.3 Å². The molecule has 1 aromatic carbocycles. The number of carbonyl (C=O) groups is 1. The van der Waals surface area contributed by atoms with Crippen LogP contribution in [0.4, 0.5) is 0 Å². The lowest BCUT2D eigenvalue weighted by molar-refractivity contribution is -0.127. The lowest BCUT2D eigenvalue weighted by atomic mass is 10.0. The molecule has 19 heavy (non-hydrogen) atoms. The Labute approximate surface area is 114 Å². The molecule has 0 spiro atoms. The number of hydrazine groups is 1. The standard InChI is InChI=1S/C14H23N3O2/c1-2-3-9-17(10-11-18)13(14(19)16-15)12-7-5-4-6-8-12/h4-8,13,18H,2-3,9-11,15H2,1H3,(H,16,19). The molecule has 0 radical (unpaired) electrons. The second kappa shape index (κ2) is 8.63. The lowest BCUT2D eigenvalue weighted by Crippen LogP contribution is -2.44. The van der Waals surface area contributed by atoms with Crippen LogP contribution < -0.4 is 11.3 Å². The molecule has 1 amide bonds. The number of benzene rings is 1. The number of carbonyl (C=O) groups excluding carboxylic acids is 1. The molecule has 5 nitrogen and oxygen atoms in total. The number of aliphatic hydroxyl groups excluding tert-OH is 1. The molecule has 0 fully saturated rings. The highest BCUT2D eigenvalue weighted by Crippen LogP contribution is 2.21. The molecule has 0 saturated heterocycles. The van der Waals surface area contributed by atoms with Crippen molar-refractivity contribution in [1.29, 1.82) is 0 Å². The van der Waals surface area contributed by atoms with Crippen molar-refractivity contribution in [3.05, 3.63) is 35.9 Å². The van der Waals surface area contributed by atoms with Crippen LogP contribution in [-0.2, 0) is 4.79 Å². The quantitative estimate of drug-likeness (QED) is 0.369. The number of hydrogen-bond donors (Lipinski definition) is 3. The van der Waals surface area contributed by atoms with Crippen LogP contribution in [0.2, 0.25) is 0 Å². The van der Waals surface area contributed by atoms with Crippen molar-refractivity contribution in [2.45, 2.75) is 25.8 Å². The van der Waals surface area contributed by atoms with Gasteiger partial charge in [0.2, 0.25) is 0 Å². The van der Waals surface area contributed by atoms with Crippen LogP contribution in [0.3, 0.4) is 0 Å². The number of nitrogens with one attached hydrogen (secondary N) is 1. The van der Waals surface area contributed by atoms with Crippen molar-refractivity contribution < 1.29 is 9.90 Å². The molecule has 0 aromatic heterocycles. The summed E-state index contributed by atoms with van der Waals surface area (Å²) in [6.07, 6.45) is 2.01. The third-order valence-corrected chi connectivity index (χ3v) is 3.06. The fourth-order valence-electron chi connectivity index (χ4n) is 2.10. The van der Waals surface area contributed by atoms with Gasteiger partial charge in [0, 0.05) is 6.54 Å². The van der Waals surface area contributed by atoms with Crippen LogP contribution in [0, 0.1) is 0 Å². The van der Waals surface area contributed by atoms with Gasteiger partial charge >= 0.3 is 0 Å². The molecule has 1 atom stereocenters. The number of unbranched alkanes of at least 4 members (excludes halogenated alkanes) is 1. The number of hydrogen-bond acceptors (Lipinski definition) is 4. The lowest BCUT2D eigenvalue weighted by Gasteiger charge is -2.30. The van der Waals surface area contributed by atoms with E-state index >= 15 is 0 Å². The molecule has 1 rings (SSSR count). The van der Waals surface area contributed by atoms with Crippen molar-refractivity contribution in [2.24, 2.45) is 5.84 Å². The smallest absolute Gasteiger partial charge is 0.255 e. The first-order valence-electron chi connectivity index (χ1n) is 6.64. The normalized spacial score (nSPS) is 12.4. The third kappa shape index (κ3) is 4.63. The molecular weight excluding hydrogens is 242 g/mol. The first-order chi connectivity index (χ1) is 9.24. The highest BCUT2D eigenvalue weighted by Gasteiger charge is 2.26. The molecular formula is C14H23N3O2. The molecule has 1 unspecified atom stereocenters. The number of nitrogens with zero attached hydrogens (tertiary/aromatic N) is 1. The minimum absolute atomic E-state index is 0.0187. The summed E-state index contributed by atoms with van der Waals surface area (Å²) in [5.41, 5.74) is 3.10. The van der Waals surface area contributed by atoms with Crippen molar-refractivity contribution in [1.82, 2.24) is 10.3 Å². The second-order valence-electron chi connectivity index (χ2n) is 4.43. The maximum atomic E-state index is 12.0. The minimum Gasteiger partial charge on any atom is -0.395 e. The Kier molecular flexibility index (Phi) is 7.10. The number of amides is 1. The van der Waals surface area contributed by atoms with Gasteiger partial charge in [-0.15, -0.1) is 0 Å². The molecule has 0 heterocycles. The van der Waals surface area contributed by atoms with Crippen LogP contribution in [0.25, 0.3) is 0 Å². The van der Waals surface area contributed by atoms with E-state index in [1.807, 2.05) is 35.2 Å². The van der Waals surface area contributed by atoms with Crippen LogP contribution in [-0.4, -0.2) is 35.6 Å². The predicted molar refractivity (Wildman–Crippen MR) is 75.1 cm³/mol. The highest BCUT2D eigenvalue weighted by atomic mass is 16.3. The van der Waals surface area contributed by atoms with Crippen molar-refractivity contribution >= 4 is 5.91 Å². The Balaban J connectivity index is 2.95. The molecule has 106 valence electrons. The summed E-state index contributed by atoms with van der Waals surface area (Å²) < 4.78 is 0. The van der Waals surface area contributed by atoms with Crippen LogP contribution >= 0.6 is 0 Å². The molecule has 0 bridgehead atoms. The van der Waals surface area contributed by atoms with Crippen molar-refractivity contribution in [3.8, 4) is 0 Å². The first-order valence-corrected chi connectivity index (χ1v) is 6.64. The molecule has 5 heteroatoms. The van der Waals surface area contributed by atoms with Gasteiger partial charge in [-0.2, -0.15) is 0 Å². The van der Waals surface area contributed by atoms with Crippen LogP contribution in [0.1, 0.15) is 31.4 Å². The summed E-state index contributed by atoms with van der Waals surface area (Å²) in [5, 5.41) is 9.18.